The highest BCUT2D eigenvalue weighted by Crippen LogP contribution is 2.21. The predicted molar refractivity (Wildman–Crippen MR) is 77.1 cm³/mol. The van der Waals surface area contributed by atoms with Gasteiger partial charge in [0, 0.05) is 5.69 Å². The Morgan fingerprint density at radius 1 is 1.29 bits per heavy atom. The molecule has 0 bridgehead atoms. The summed E-state index contributed by atoms with van der Waals surface area (Å²) in [6.45, 7) is 1.96. The van der Waals surface area contributed by atoms with Crippen LogP contribution in [0.2, 0.25) is 0 Å². The summed E-state index contributed by atoms with van der Waals surface area (Å²) in [6, 6.07) is 8.20. The summed E-state index contributed by atoms with van der Waals surface area (Å²) in [5, 5.41) is 2.70. The normalized spacial score (nSPS) is 10.2. The van der Waals surface area contributed by atoms with Crippen LogP contribution < -0.4 is 11.1 Å². The fourth-order valence-corrected chi connectivity index (χ4v) is 1.90. The van der Waals surface area contributed by atoms with E-state index in [0.717, 1.165) is 0 Å². The lowest BCUT2D eigenvalue weighted by Crippen LogP contribution is -2.13. The molecular weight excluding hydrogens is 272 g/mol. The van der Waals surface area contributed by atoms with Gasteiger partial charge in [0.25, 0.3) is 5.91 Å². The van der Waals surface area contributed by atoms with Crippen molar-refractivity contribution in [2.24, 2.45) is 5.73 Å². The van der Waals surface area contributed by atoms with Crippen molar-refractivity contribution < 1.29 is 18.7 Å². The molecule has 2 rings (SSSR count). The largest absolute Gasteiger partial charge is 0.465 e. The van der Waals surface area contributed by atoms with Crippen LogP contribution in [0.5, 0.6) is 0 Å². The van der Waals surface area contributed by atoms with Gasteiger partial charge in [0.15, 0.2) is 5.76 Å². The van der Waals surface area contributed by atoms with E-state index in [4.69, 9.17) is 14.9 Å². The van der Waals surface area contributed by atoms with E-state index in [1.54, 1.807) is 37.3 Å². The minimum Gasteiger partial charge on any atom is -0.465 e. The van der Waals surface area contributed by atoms with Gasteiger partial charge in [-0.2, -0.15) is 0 Å². The molecule has 1 aromatic heterocycles. The fourth-order valence-electron chi connectivity index (χ4n) is 1.90. The summed E-state index contributed by atoms with van der Waals surface area (Å²) in [4.78, 5) is 23.7. The number of methoxy groups -OCH3 is 1. The Labute approximate surface area is 121 Å². The van der Waals surface area contributed by atoms with Gasteiger partial charge in [0.05, 0.1) is 19.2 Å². The molecule has 0 saturated carbocycles. The molecule has 6 heteroatoms. The van der Waals surface area contributed by atoms with E-state index in [9.17, 15) is 9.59 Å². The lowest BCUT2D eigenvalue weighted by atomic mass is 10.1. The van der Waals surface area contributed by atoms with Crippen LogP contribution in [0.1, 0.15) is 32.2 Å². The zero-order valence-electron chi connectivity index (χ0n) is 11.8. The first kappa shape index (κ1) is 14.8. The average Bonchev–Trinajstić information content (AvgIpc) is 2.97. The van der Waals surface area contributed by atoms with Crippen molar-refractivity contribution in [2.75, 3.05) is 12.4 Å². The van der Waals surface area contributed by atoms with Crippen LogP contribution in [0.15, 0.2) is 34.7 Å². The molecule has 2 aromatic rings. The summed E-state index contributed by atoms with van der Waals surface area (Å²) in [5.41, 5.74) is 6.98. The minimum absolute atomic E-state index is 0.165. The third-order valence-electron chi connectivity index (χ3n) is 3.07. The van der Waals surface area contributed by atoms with Crippen LogP contribution in [-0.2, 0) is 11.3 Å². The van der Waals surface area contributed by atoms with E-state index in [2.05, 4.69) is 5.32 Å². The van der Waals surface area contributed by atoms with Gasteiger partial charge >= 0.3 is 5.97 Å². The molecule has 0 saturated heterocycles. The second-order valence-corrected chi connectivity index (χ2v) is 4.39. The molecule has 1 heterocycles. The van der Waals surface area contributed by atoms with Gasteiger partial charge in [0.2, 0.25) is 0 Å². The number of hydrogen-bond donors (Lipinski definition) is 2. The van der Waals surface area contributed by atoms with Crippen LogP contribution >= 0.6 is 0 Å². The van der Waals surface area contributed by atoms with Gasteiger partial charge in [-0.1, -0.05) is 6.07 Å². The third kappa shape index (κ3) is 3.11. The van der Waals surface area contributed by atoms with Crippen molar-refractivity contribution in [1.82, 2.24) is 0 Å². The minimum atomic E-state index is -0.452. The lowest BCUT2D eigenvalue weighted by molar-refractivity contribution is 0.0599. The topological polar surface area (TPSA) is 94.6 Å². The quantitative estimate of drug-likeness (QED) is 0.840. The monoisotopic (exact) mass is 288 g/mol. The smallest absolute Gasteiger partial charge is 0.338 e. The van der Waals surface area contributed by atoms with Gasteiger partial charge in [-0.25, -0.2) is 4.79 Å². The highest BCUT2D eigenvalue weighted by atomic mass is 16.5. The van der Waals surface area contributed by atoms with E-state index in [1.807, 2.05) is 0 Å². The molecule has 110 valence electrons. The molecule has 0 atom stereocenters. The van der Waals surface area contributed by atoms with E-state index in [0.29, 0.717) is 22.6 Å². The maximum Gasteiger partial charge on any atom is 0.338 e. The van der Waals surface area contributed by atoms with Crippen LogP contribution in [0.4, 0.5) is 5.69 Å². The van der Waals surface area contributed by atoms with E-state index < -0.39 is 11.9 Å². The summed E-state index contributed by atoms with van der Waals surface area (Å²) < 4.78 is 9.97. The highest BCUT2D eigenvalue weighted by Gasteiger charge is 2.15. The highest BCUT2D eigenvalue weighted by molar-refractivity contribution is 6.04. The van der Waals surface area contributed by atoms with E-state index in [1.165, 1.54) is 7.11 Å². The van der Waals surface area contributed by atoms with Crippen molar-refractivity contribution in [2.45, 2.75) is 13.5 Å². The standard InChI is InChI=1S/C15H16N2O4/c1-9-11(15(19)20-2)4-3-5-12(9)17-14(18)13-7-6-10(8-16)21-13/h3-7H,8,16H2,1-2H3,(H,17,18). The van der Waals surface area contributed by atoms with Crippen molar-refractivity contribution in [3.63, 3.8) is 0 Å². The molecule has 3 N–H and O–H groups in total. The molecular formula is C15H16N2O4. The summed E-state index contributed by atoms with van der Waals surface area (Å²) in [6.07, 6.45) is 0. The molecule has 0 spiro atoms. The Morgan fingerprint density at radius 2 is 2.05 bits per heavy atom. The Hall–Kier alpha value is -2.60. The Morgan fingerprint density at radius 3 is 2.67 bits per heavy atom. The number of esters is 1. The number of furan rings is 1. The van der Waals surface area contributed by atoms with E-state index in [-0.39, 0.29) is 12.3 Å². The first-order valence-corrected chi connectivity index (χ1v) is 6.35. The maximum absolute atomic E-state index is 12.1. The van der Waals surface area contributed by atoms with Crippen LogP contribution in [0.25, 0.3) is 0 Å². The number of carbonyl (C=O) groups is 2. The Kier molecular flexibility index (Phi) is 4.39. The van der Waals surface area contributed by atoms with Gasteiger partial charge in [0.1, 0.15) is 5.76 Å². The molecule has 0 aliphatic carbocycles. The molecule has 1 aromatic carbocycles. The number of rotatable bonds is 4. The van der Waals surface area contributed by atoms with Gasteiger partial charge in [-0.05, 0) is 36.8 Å². The summed E-state index contributed by atoms with van der Waals surface area (Å²) >= 11 is 0. The predicted octanol–water partition coefficient (Wildman–Crippen LogP) is 2.09. The Balaban J connectivity index is 2.23. The number of ether oxygens (including phenoxy) is 1. The number of benzene rings is 1. The van der Waals surface area contributed by atoms with Crippen LogP contribution in [-0.4, -0.2) is 19.0 Å². The number of amides is 1. The molecule has 0 fully saturated rings. The lowest BCUT2D eigenvalue weighted by Gasteiger charge is -2.10. The number of nitrogens with two attached hydrogens (primary N) is 1. The van der Waals surface area contributed by atoms with Crippen LogP contribution in [0, 0.1) is 6.92 Å². The third-order valence-corrected chi connectivity index (χ3v) is 3.07. The van der Waals surface area contributed by atoms with Gasteiger partial charge in [-0.3, -0.25) is 4.79 Å². The molecule has 0 aliphatic heterocycles. The first-order chi connectivity index (χ1) is 10.1. The number of carbonyl (C=O) groups excluding carboxylic acids is 2. The Bertz CT molecular complexity index is 676. The molecule has 21 heavy (non-hydrogen) atoms. The molecule has 0 radical (unpaired) electrons. The second-order valence-electron chi connectivity index (χ2n) is 4.39. The number of nitrogens with one attached hydrogen (secondary N) is 1. The van der Waals surface area contributed by atoms with Crippen molar-refractivity contribution in [3.05, 3.63) is 53.0 Å². The fraction of sp³-hybridized carbons (Fsp3) is 0.200. The molecule has 1 amide bonds. The van der Waals surface area contributed by atoms with Crippen molar-refractivity contribution in [1.29, 1.82) is 0 Å². The van der Waals surface area contributed by atoms with Gasteiger partial charge in [-0.15, -0.1) is 0 Å². The number of hydrogen-bond acceptors (Lipinski definition) is 5. The second kappa shape index (κ2) is 6.23. The van der Waals surface area contributed by atoms with Crippen LogP contribution in [0.3, 0.4) is 0 Å². The van der Waals surface area contributed by atoms with Crippen molar-refractivity contribution >= 4 is 17.6 Å². The molecule has 6 nitrogen and oxygen atoms in total. The average molecular weight is 288 g/mol. The maximum atomic E-state index is 12.1. The summed E-state index contributed by atoms with van der Waals surface area (Å²) in [5.74, 6) is -0.162. The summed E-state index contributed by atoms with van der Waals surface area (Å²) in [7, 11) is 1.31. The first-order valence-electron chi connectivity index (χ1n) is 6.35. The zero-order chi connectivity index (χ0) is 15.4. The molecule has 0 unspecified atom stereocenters. The van der Waals surface area contributed by atoms with E-state index >= 15 is 0 Å². The molecule has 0 aliphatic rings. The van der Waals surface area contributed by atoms with Gasteiger partial charge < -0.3 is 20.2 Å². The number of anilines is 1. The van der Waals surface area contributed by atoms with Crippen molar-refractivity contribution in [3.8, 4) is 0 Å². The zero-order valence-corrected chi connectivity index (χ0v) is 11.8. The SMILES string of the molecule is COC(=O)c1cccc(NC(=O)c2ccc(CN)o2)c1C.